The van der Waals surface area contributed by atoms with Gasteiger partial charge in [0.05, 0.1) is 16.6 Å². The molecule has 262 valence electrons. The molecule has 0 aromatic rings. The Balaban J connectivity index is -0.000000600. The van der Waals surface area contributed by atoms with Gasteiger partial charge in [0.15, 0.2) is 0 Å². The molecule has 6 aliphatic rings. The van der Waals surface area contributed by atoms with Gasteiger partial charge < -0.3 is 24.1 Å². The van der Waals surface area contributed by atoms with Gasteiger partial charge in [0.25, 0.3) is 20.2 Å². The Morgan fingerprint density at radius 1 is 0.761 bits per heavy atom. The Morgan fingerprint density at radius 2 is 1.15 bits per heavy atom. The van der Waals surface area contributed by atoms with Crippen molar-refractivity contribution in [1.29, 1.82) is 0 Å². The van der Waals surface area contributed by atoms with Crippen LogP contribution in [0.25, 0.3) is 0 Å². The van der Waals surface area contributed by atoms with Crippen LogP contribution < -0.4 is 59.1 Å². The Bertz CT molecular complexity index is 1480. The molecule has 2 heterocycles. The Labute approximate surface area is 338 Å². The van der Waals surface area contributed by atoms with E-state index in [0.717, 1.165) is 6.42 Å². The second kappa shape index (κ2) is 19.7. The smallest absolute Gasteiger partial charge is 0.748 e. The van der Waals surface area contributed by atoms with E-state index in [-0.39, 0.29) is 110 Å². The number of aliphatic hydroxyl groups excluding tert-OH is 1. The Hall–Kier alpha value is 2.00. The zero-order chi connectivity index (χ0) is 31.3. The van der Waals surface area contributed by atoms with E-state index in [9.17, 15) is 57.5 Å². The fourth-order valence-electron chi connectivity index (χ4n) is 6.43. The first-order valence-electron chi connectivity index (χ1n) is 11.6. The summed E-state index contributed by atoms with van der Waals surface area (Å²) >= 11 is 4.24. The number of fused-ring (bicyclic) bond motifs is 2. The van der Waals surface area contributed by atoms with Crippen LogP contribution in [0.3, 0.4) is 0 Å². The van der Waals surface area contributed by atoms with Gasteiger partial charge in [0, 0.05) is 55.0 Å². The number of esters is 1. The molecule has 2 saturated heterocycles. The van der Waals surface area contributed by atoms with Gasteiger partial charge in [-0.3, -0.25) is 18.0 Å². The van der Waals surface area contributed by atoms with Crippen molar-refractivity contribution in [2.75, 3.05) is 11.5 Å². The number of ether oxygens (including phenoxy) is 1. The third kappa shape index (κ3) is 12.6. The number of aliphatic carboxylic acids is 1. The zero-order valence-electron chi connectivity index (χ0n) is 22.4. The minimum atomic E-state index is -4.70. The molecule has 25 heteroatoms. The molecule has 2 N–H and O–H groups in total. The molecule has 17 nitrogen and oxygen atoms in total. The van der Waals surface area contributed by atoms with Gasteiger partial charge in [-0.05, 0) is 31.6 Å². The van der Waals surface area contributed by atoms with Crippen LogP contribution in [0.1, 0.15) is 48.0 Å². The number of hydrogen-bond acceptors (Lipinski definition) is 16. The standard InChI is InChI=1S/C9H12O8S2.C7H10O4S.C2H4O5S.3CH4.I2.2Na/c10-7(3-18(11,12)13)16-8-4-1-5-6(2-4)19(14,15)17-9(5)8;8-6-3-1-4-5(2-3)12(9,10)11-7(4)6;3-2(4)1-8(5,6)7;;;;1-2;;/h4-6,8-9H,1-3H2,(H,11,12,13);3-8H,1-2H2;1H2,(H,3,4)(H,5,6,7);3*1H4;;;/q;;;;;;;2*+1/p-2. The normalized spacial score (nSPS) is 35.2. The van der Waals surface area contributed by atoms with Gasteiger partial charge in [0.2, 0.25) is 0 Å². The molecule has 6 rings (SSSR count). The predicted octanol–water partition coefficient (Wildman–Crippen LogP) is -5.63. The van der Waals surface area contributed by atoms with E-state index in [2.05, 4.69) is 37.2 Å². The molecule has 46 heavy (non-hydrogen) atoms. The molecule has 10 unspecified atom stereocenters. The molecule has 0 aromatic heterocycles. The minimum absolute atomic E-state index is 0. The average Bonchev–Trinajstić information content (AvgIpc) is 3.58. The molecule has 0 radical (unpaired) electrons. The summed E-state index contributed by atoms with van der Waals surface area (Å²) in [5.74, 6) is -5.46. The van der Waals surface area contributed by atoms with Crippen molar-refractivity contribution in [3.05, 3.63) is 0 Å². The van der Waals surface area contributed by atoms with Crippen LogP contribution in [-0.2, 0) is 63.2 Å². The number of carbonyl (C=O) groups excluding carboxylic acids is 1. The van der Waals surface area contributed by atoms with Crippen LogP contribution in [0.4, 0.5) is 0 Å². The molecular weight excluding hydrogens is 952 g/mol. The fraction of sp³-hybridized carbons (Fsp3) is 0.905. The molecule has 6 fully saturated rings. The van der Waals surface area contributed by atoms with Crippen LogP contribution in [0, 0.1) is 23.7 Å². The third-order valence-electron chi connectivity index (χ3n) is 7.72. The van der Waals surface area contributed by atoms with E-state index >= 15 is 0 Å². The topological polar surface area (TPSA) is 285 Å². The van der Waals surface area contributed by atoms with Gasteiger partial charge in [-0.15, -0.1) is 0 Å². The molecule has 10 atom stereocenters. The largest absolute Gasteiger partial charge is 1.00 e. The van der Waals surface area contributed by atoms with E-state index in [4.69, 9.17) is 18.2 Å². The number of aliphatic hydroxyl groups is 1. The van der Waals surface area contributed by atoms with Crippen LogP contribution >= 0.6 is 37.2 Å². The van der Waals surface area contributed by atoms with Gasteiger partial charge in [-0.2, -0.15) is 16.8 Å². The molecular formula is C21H36I2Na2O17S4. The second-order valence-electron chi connectivity index (χ2n) is 10.2. The van der Waals surface area contributed by atoms with Gasteiger partial charge >= 0.3 is 71.1 Å². The Morgan fingerprint density at radius 3 is 1.52 bits per heavy atom. The van der Waals surface area contributed by atoms with Crippen molar-refractivity contribution in [3.63, 3.8) is 0 Å². The number of carbonyl (C=O) groups is 2. The summed E-state index contributed by atoms with van der Waals surface area (Å²) in [6, 6.07) is 0. The zero-order valence-corrected chi connectivity index (χ0v) is 34.0. The van der Waals surface area contributed by atoms with Gasteiger partial charge in [-0.1, -0.05) is 22.3 Å². The number of carboxylic acids is 1. The number of halogens is 2. The van der Waals surface area contributed by atoms with Crippen LogP contribution in [0.5, 0.6) is 0 Å². The van der Waals surface area contributed by atoms with E-state index in [1.807, 2.05) is 0 Å². The molecule has 0 aromatic carbocycles. The van der Waals surface area contributed by atoms with Crippen LogP contribution in [-0.4, -0.2) is 111 Å². The molecule has 2 aliphatic heterocycles. The van der Waals surface area contributed by atoms with Gasteiger partial charge in [-0.25, -0.2) is 16.8 Å². The molecule has 4 saturated carbocycles. The summed E-state index contributed by atoms with van der Waals surface area (Å²) in [5.41, 5.74) is 0. The number of rotatable bonds is 5. The fourth-order valence-corrected chi connectivity index (χ4v) is 10.9. The number of hydrogen-bond donors (Lipinski definition) is 2. The third-order valence-corrected chi connectivity index (χ3v) is 12.5. The quantitative estimate of drug-likeness (QED) is 0.0854. The summed E-state index contributed by atoms with van der Waals surface area (Å²) in [5, 5.41) is 16.4. The summed E-state index contributed by atoms with van der Waals surface area (Å²) in [7, 11) is -16.2. The van der Waals surface area contributed by atoms with E-state index in [1.165, 1.54) is 0 Å². The molecule has 4 aliphatic carbocycles. The SMILES string of the molecule is C.C.C.II.O=C(CS(=O)(=O)[O-])OC1C2CC3C1OS(=O)(=O)C3C2.O=C(O)CS(=O)(=O)[O-].O=S1(=O)OC2C(O)C3CC2C1C3.[Na+].[Na+]. The van der Waals surface area contributed by atoms with E-state index in [1.54, 1.807) is 0 Å². The van der Waals surface area contributed by atoms with Crippen molar-refractivity contribution < 1.29 is 135 Å². The summed E-state index contributed by atoms with van der Waals surface area (Å²) in [4.78, 5) is 20.8. The molecule has 0 amide bonds. The predicted molar refractivity (Wildman–Crippen MR) is 168 cm³/mol. The van der Waals surface area contributed by atoms with Crippen LogP contribution in [0.15, 0.2) is 0 Å². The Kier molecular flexibility index (Phi) is 22.5. The van der Waals surface area contributed by atoms with Crippen molar-refractivity contribution in [2.45, 2.75) is 82.9 Å². The van der Waals surface area contributed by atoms with Crippen molar-refractivity contribution >= 4 is 89.6 Å². The second-order valence-corrected chi connectivity index (χ2v) is 16.6. The first kappa shape index (κ1) is 52.4. The maximum atomic E-state index is 11.6. The summed E-state index contributed by atoms with van der Waals surface area (Å²) in [6.45, 7) is 0. The summed E-state index contributed by atoms with van der Waals surface area (Å²) < 4.78 is 120. The molecule has 0 spiro atoms. The molecule has 4 bridgehead atoms. The van der Waals surface area contributed by atoms with Gasteiger partial charge in [0.1, 0.15) is 50.1 Å². The average molecular weight is 989 g/mol. The summed E-state index contributed by atoms with van der Waals surface area (Å²) in [6.07, 6.45) is -0.0927. The maximum Gasteiger partial charge on any atom is 1.00 e. The van der Waals surface area contributed by atoms with E-state index < -0.39 is 93.6 Å². The first-order valence-corrected chi connectivity index (χ1v) is 24.0. The van der Waals surface area contributed by atoms with E-state index in [0.29, 0.717) is 19.3 Å². The number of carboxylic acid groups (broad SMARTS) is 1. The van der Waals surface area contributed by atoms with Crippen molar-refractivity contribution in [2.24, 2.45) is 23.7 Å². The minimum Gasteiger partial charge on any atom is -0.748 e. The van der Waals surface area contributed by atoms with Crippen molar-refractivity contribution in [1.82, 2.24) is 0 Å². The van der Waals surface area contributed by atoms with Crippen LogP contribution in [0.2, 0.25) is 0 Å². The monoisotopic (exact) mass is 988 g/mol. The maximum absolute atomic E-state index is 11.6. The first-order chi connectivity index (χ1) is 18.7. The van der Waals surface area contributed by atoms with Crippen molar-refractivity contribution in [3.8, 4) is 0 Å².